The Bertz CT molecular complexity index is 576. The highest BCUT2D eigenvalue weighted by Crippen LogP contribution is 2.19. The van der Waals surface area contributed by atoms with Gasteiger partial charge in [0.1, 0.15) is 5.78 Å². The van der Waals surface area contributed by atoms with E-state index < -0.39 is 0 Å². The molecule has 0 aromatic heterocycles. The van der Waals surface area contributed by atoms with Crippen molar-refractivity contribution in [2.24, 2.45) is 5.41 Å². The van der Waals surface area contributed by atoms with Gasteiger partial charge in [-0.15, -0.1) is 0 Å². The number of benzene rings is 2. The molecule has 0 amide bonds. The second-order valence-corrected chi connectivity index (χ2v) is 6.33. The van der Waals surface area contributed by atoms with Crippen LogP contribution in [0.1, 0.15) is 37.5 Å². The lowest BCUT2D eigenvalue weighted by molar-refractivity contribution is -0.125. The molecule has 0 spiro atoms. The fourth-order valence-corrected chi connectivity index (χ4v) is 2.13. The molecular formula is C19H22O. The predicted octanol–water partition coefficient (Wildman–Crippen LogP) is 4.44. The Kier molecular flexibility index (Phi) is 4.39. The summed E-state index contributed by atoms with van der Waals surface area (Å²) in [7, 11) is 0. The molecule has 20 heavy (non-hydrogen) atoms. The van der Waals surface area contributed by atoms with Gasteiger partial charge in [0.2, 0.25) is 0 Å². The average Bonchev–Trinajstić information content (AvgIpc) is 2.39. The monoisotopic (exact) mass is 266 g/mol. The molecule has 0 atom stereocenters. The molecule has 2 aromatic carbocycles. The fourth-order valence-electron chi connectivity index (χ4n) is 2.13. The van der Waals surface area contributed by atoms with Crippen LogP contribution in [0.2, 0.25) is 0 Å². The zero-order valence-electron chi connectivity index (χ0n) is 12.5. The molecule has 104 valence electrons. The lowest BCUT2D eigenvalue weighted by atomic mass is 9.87. The third kappa shape index (κ3) is 4.06. The van der Waals surface area contributed by atoms with E-state index in [2.05, 4.69) is 36.4 Å². The molecule has 0 saturated heterocycles. The van der Waals surface area contributed by atoms with Gasteiger partial charge in [0.05, 0.1) is 0 Å². The Morgan fingerprint density at radius 3 is 2.10 bits per heavy atom. The van der Waals surface area contributed by atoms with Crippen molar-refractivity contribution in [3.8, 4) is 0 Å². The second kappa shape index (κ2) is 6.04. The fraction of sp³-hybridized carbons (Fsp3) is 0.316. The standard InChI is InChI=1S/C19H22O/c1-19(2,3)18(20)14-17-11-7-10-16(13-17)12-15-8-5-4-6-9-15/h4-11,13H,12,14H2,1-3H3. The van der Waals surface area contributed by atoms with Crippen LogP contribution in [-0.2, 0) is 17.6 Å². The molecule has 0 saturated carbocycles. The minimum Gasteiger partial charge on any atom is -0.299 e. The van der Waals surface area contributed by atoms with Gasteiger partial charge in [0.15, 0.2) is 0 Å². The van der Waals surface area contributed by atoms with Crippen LogP contribution < -0.4 is 0 Å². The lowest BCUT2D eigenvalue weighted by Gasteiger charge is -2.16. The van der Waals surface area contributed by atoms with Crippen molar-refractivity contribution in [1.82, 2.24) is 0 Å². The first-order valence-corrected chi connectivity index (χ1v) is 7.10. The van der Waals surface area contributed by atoms with Gasteiger partial charge in [-0.3, -0.25) is 4.79 Å². The van der Waals surface area contributed by atoms with Gasteiger partial charge in [0.25, 0.3) is 0 Å². The van der Waals surface area contributed by atoms with Crippen molar-refractivity contribution in [2.75, 3.05) is 0 Å². The zero-order valence-corrected chi connectivity index (χ0v) is 12.5. The Morgan fingerprint density at radius 1 is 0.850 bits per heavy atom. The molecule has 0 fully saturated rings. The number of hydrogen-bond acceptors (Lipinski definition) is 1. The highest BCUT2D eigenvalue weighted by atomic mass is 16.1. The molecule has 2 rings (SSSR count). The highest BCUT2D eigenvalue weighted by molar-refractivity contribution is 5.85. The minimum atomic E-state index is -0.268. The molecule has 0 heterocycles. The predicted molar refractivity (Wildman–Crippen MR) is 83.9 cm³/mol. The third-order valence-electron chi connectivity index (χ3n) is 3.44. The maximum Gasteiger partial charge on any atom is 0.142 e. The Hall–Kier alpha value is -1.89. The van der Waals surface area contributed by atoms with Crippen LogP contribution in [0.15, 0.2) is 54.6 Å². The van der Waals surface area contributed by atoms with Gasteiger partial charge in [0, 0.05) is 11.8 Å². The third-order valence-corrected chi connectivity index (χ3v) is 3.44. The topological polar surface area (TPSA) is 17.1 Å². The molecule has 2 aromatic rings. The van der Waals surface area contributed by atoms with Gasteiger partial charge in [-0.05, 0) is 23.1 Å². The van der Waals surface area contributed by atoms with Crippen LogP contribution in [0.3, 0.4) is 0 Å². The average molecular weight is 266 g/mol. The minimum absolute atomic E-state index is 0.268. The summed E-state index contributed by atoms with van der Waals surface area (Å²) in [6, 6.07) is 18.8. The lowest BCUT2D eigenvalue weighted by Crippen LogP contribution is -2.22. The van der Waals surface area contributed by atoms with E-state index in [4.69, 9.17) is 0 Å². The molecule has 0 aliphatic carbocycles. The highest BCUT2D eigenvalue weighted by Gasteiger charge is 2.21. The zero-order chi connectivity index (χ0) is 14.6. The Labute approximate surface area is 121 Å². The van der Waals surface area contributed by atoms with E-state index >= 15 is 0 Å². The molecule has 0 N–H and O–H groups in total. The van der Waals surface area contributed by atoms with Crippen molar-refractivity contribution < 1.29 is 4.79 Å². The maximum absolute atomic E-state index is 12.1. The summed E-state index contributed by atoms with van der Waals surface area (Å²) in [5, 5.41) is 0. The number of rotatable bonds is 4. The largest absolute Gasteiger partial charge is 0.299 e. The summed E-state index contributed by atoms with van der Waals surface area (Å²) >= 11 is 0. The number of carbonyl (C=O) groups is 1. The van der Waals surface area contributed by atoms with Crippen LogP contribution >= 0.6 is 0 Å². The van der Waals surface area contributed by atoms with Gasteiger partial charge in [-0.1, -0.05) is 75.4 Å². The summed E-state index contributed by atoms with van der Waals surface area (Å²) in [5.74, 6) is 0.286. The van der Waals surface area contributed by atoms with Crippen LogP contribution in [0, 0.1) is 5.41 Å². The second-order valence-electron chi connectivity index (χ2n) is 6.33. The molecule has 0 unspecified atom stereocenters. The molecule has 0 bridgehead atoms. The van der Waals surface area contributed by atoms with Gasteiger partial charge < -0.3 is 0 Å². The van der Waals surface area contributed by atoms with E-state index in [-0.39, 0.29) is 11.2 Å². The molecule has 0 aliphatic heterocycles. The summed E-state index contributed by atoms with van der Waals surface area (Å²) in [4.78, 5) is 12.1. The van der Waals surface area contributed by atoms with E-state index in [9.17, 15) is 4.79 Å². The van der Waals surface area contributed by atoms with E-state index in [1.165, 1.54) is 11.1 Å². The summed E-state index contributed by atoms with van der Waals surface area (Å²) in [6.07, 6.45) is 1.44. The SMILES string of the molecule is CC(C)(C)C(=O)Cc1cccc(Cc2ccccc2)c1. The smallest absolute Gasteiger partial charge is 0.142 e. The van der Waals surface area contributed by atoms with E-state index in [1.54, 1.807) is 0 Å². The normalized spacial score (nSPS) is 11.3. The van der Waals surface area contributed by atoms with Crippen molar-refractivity contribution in [2.45, 2.75) is 33.6 Å². The Morgan fingerprint density at radius 2 is 1.45 bits per heavy atom. The van der Waals surface area contributed by atoms with E-state index in [0.717, 1.165) is 12.0 Å². The maximum atomic E-state index is 12.1. The first-order chi connectivity index (χ1) is 9.45. The van der Waals surface area contributed by atoms with Crippen LogP contribution in [0.5, 0.6) is 0 Å². The van der Waals surface area contributed by atoms with Gasteiger partial charge in [-0.2, -0.15) is 0 Å². The van der Waals surface area contributed by atoms with Crippen LogP contribution in [-0.4, -0.2) is 5.78 Å². The summed E-state index contributed by atoms with van der Waals surface area (Å²) < 4.78 is 0. The summed E-state index contributed by atoms with van der Waals surface area (Å²) in [5.41, 5.74) is 3.40. The number of Topliss-reactive ketones (excluding diaryl/α,β-unsaturated/α-hetero) is 1. The Balaban J connectivity index is 2.10. The molecule has 0 aliphatic rings. The van der Waals surface area contributed by atoms with Gasteiger partial charge >= 0.3 is 0 Å². The van der Waals surface area contributed by atoms with Gasteiger partial charge in [-0.25, -0.2) is 0 Å². The number of hydrogen-bond donors (Lipinski definition) is 0. The quantitative estimate of drug-likeness (QED) is 0.799. The molecule has 0 radical (unpaired) electrons. The van der Waals surface area contributed by atoms with E-state index in [0.29, 0.717) is 6.42 Å². The molecular weight excluding hydrogens is 244 g/mol. The molecule has 1 heteroatoms. The number of carbonyl (C=O) groups excluding carboxylic acids is 1. The number of ketones is 1. The summed E-state index contributed by atoms with van der Waals surface area (Å²) in [6.45, 7) is 5.93. The van der Waals surface area contributed by atoms with E-state index in [1.807, 2.05) is 39.0 Å². The van der Waals surface area contributed by atoms with Crippen molar-refractivity contribution in [3.63, 3.8) is 0 Å². The van der Waals surface area contributed by atoms with Crippen LogP contribution in [0.25, 0.3) is 0 Å². The van der Waals surface area contributed by atoms with Crippen molar-refractivity contribution in [1.29, 1.82) is 0 Å². The van der Waals surface area contributed by atoms with Crippen LogP contribution in [0.4, 0.5) is 0 Å². The molecule has 1 nitrogen and oxygen atoms in total. The first kappa shape index (κ1) is 14.5. The first-order valence-electron chi connectivity index (χ1n) is 7.10. The van der Waals surface area contributed by atoms with Crippen molar-refractivity contribution >= 4 is 5.78 Å². The van der Waals surface area contributed by atoms with Crippen molar-refractivity contribution in [3.05, 3.63) is 71.3 Å².